The topological polar surface area (TPSA) is 115 Å². The van der Waals surface area contributed by atoms with Crippen LogP contribution >= 0.6 is 0 Å². The molecule has 0 radical (unpaired) electrons. The molecule has 0 saturated carbocycles. The number of aryl methyl sites for hydroxylation is 1. The van der Waals surface area contributed by atoms with Crippen molar-refractivity contribution in [2.45, 2.75) is 20.8 Å². The smallest absolute Gasteiger partial charge is 0.330 e. The van der Waals surface area contributed by atoms with Gasteiger partial charge < -0.3 is 20.4 Å². The molecule has 6 nitrogen and oxygen atoms in total. The van der Waals surface area contributed by atoms with Crippen molar-refractivity contribution in [1.29, 1.82) is 0 Å². The summed E-state index contributed by atoms with van der Waals surface area (Å²) in [6.45, 7) is 10.9. The zero-order chi connectivity index (χ0) is 17.2. The van der Waals surface area contributed by atoms with Gasteiger partial charge in [0.1, 0.15) is 11.5 Å². The molecular formula is C15H20O6. The molecule has 21 heavy (non-hydrogen) atoms. The fourth-order valence-corrected chi connectivity index (χ4v) is 0.640. The summed E-state index contributed by atoms with van der Waals surface area (Å²) < 4.78 is 0. The fraction of sp³-hybridized carbons (Fsp3) is 0.200. The van der Waals surface area contributed by atoms with Crippen molar-refractivity contribution >= 4 is 11.9 Å². The van der Waals surface area contributed by atoms with Crippen LogP contribution in [0.4, 0.5) is 0 Å². The van der Waals surface area contributed by atoms with Crippen LogP contribution in [-0.2, 0) is 9.59 Å². The van der Waals surface area contributed by atoms with E-state index in [9.17, 15) is 9.59 Å². The lowest BCUT2D eigenvalue weighted by molar-refractivity contribution is -0.133. The van der Waals surface area contributed by atoms with Crippen molar-refractivity contribution in [2.75, 3.05) is 0 Å². The highest BCUT2D eigenvalue weighted by Gasteiger charge is 1.93. The zero-order valence-electron chi connectivity index (χ0n) is 12.3. The van der Waals surface area contributed by atoms with Gasteiger partial charge >= 0.3 is 11.9 Å². The molecule has 0 aliphatic heterocycles. The number of aliphatic carboxylic acids is 2. The highest BCUT2D eigenvalue weighted by molar-refractivity contribution is 5.85. The van der Waals surface area contributed by atoms with Gasteiger partial charge in [0.2, 0.25) is 0 Å². The Kier molecular flexibility index (Phi) is 9.87. The molecule has 0 spiro atoms. The number of carboxylic acids is 2. The van der Waals surface area contributed by atoms with Gasteiger partial charge in [0.25, 0.3) is 0 Å². The first-order chi connectivity index (χ1) is 9.48. The van der Waals surface area contributed by atoms with Gasteiger partial charge in [-0.3, -0.25) is 0 Å². The molecule has 0 heterocycles. The van der Waals surface area contributed by atoms with Gasteiger partial charge in [0, 0.05) is 11.1 Å². The minimum absolute atomic E-state index is 0.176. The van der Waals surface area contributed by atoms with E-state index in [2.05, 4.69) is 13.2 Å². The maximum atomic E-state index is 9.60. The summed E-state index contributed by atoms with van der Waals surface area (Å²) in [4.78, 5) is 19.2. The van der Waals surface area contributed by atoms with Gasteiger partial charge in [-0.1, -0.05) is 13.2 Å². The Morgan fingerprint density at radius 1 is 0.952 bits per heavy atom. The first kappa shape index (κ1) is 20.6. The molecule has 1 aromatic rings. The van der Waals surface area contributed by atoms with Crippen LogP contribution in [0.2, 0.25) is 0 Å². The van der Waals surface area contributed by atoms with Crippen molar-refractivity contribution in [3.63, 3.8) is 0 Å². The summed E-state index contributed by atoms with van der Waals surface area (Å²) >= 11 is 0. The van der Waals surface area contributed by atoms with E-state index in [4.69, 9.17) is 20.4 Å². The molecule has 0 atom stereocenters. The SMILES string of the molecule is C=C(C)C(=O)O.C=C(C)C(=O)O.Cc1cc(O)ccc1O. The Morgan fingerprint density at radius 2 is 1.29 bits per heavy atom. The highest BCUT2D eigenvalue weighted by atomic mass is 16.4. The van der Waals surface area contributed by atoms with Gasteiger partial charge in [-0.25, -0.2) is 9.59 Å². The number of phenolic OH excluding ortho intramolecular Hbond substituents is 2. The minimum Gasteiger partial charge on any atom is -0.508 e. The van der Waals surface area contributed by atoms with E-state index in [0.29, 0.717) is 5.56 Å². The lowest BCUT2D eigenvalue weighted by Gasteiger charge is -1.96. The van der Waals surface area contributed by atoms with Crippen LogP contribution in [-0.4, -0.2) is 32.4 Å². The number of hydrogen-bond donors (Lipinski definition) is 4. The van der Waals surface area contributed by atoms with Crippen LogP contribution < -0.4 is 0 Å². The molecule has 0 aliphatic rings. The summed E-state index contributed by atoms with van der Waals surface area (Å²) in [5.74, 6) is -1.47. The summed E-state index contributed by atoms with van der Waals surface area (Å²) in [6, 6.07) is 4.42. The molecule has 4 N–H and O–H groups in total. The Bertz CT molecular complexity index is 483. The average Bonchev–Trinajstić information content (AvgIpc) is 2.35. The highest BCUT2D eigenvalue weighted by Crippen LogP contribution is 2.19. The molecule has 0 amide bonds. The van der Waals surface area contributed by atoms with E-state index < -0.39 is 11.9 Å². The number of benzene rings is 1. The predicted octanol–water partition coefficient (Wildman–Crippen LogP) is 2.70. The third-order valence-electron chi connectivity index (χ3n) is 1.91. The van der Waals surface area contributed by atoms with E-state index in [1.165, 1.54) is 32.0 Å². The van der Waals surface area contributed by atoms with E-state index in [-0.39, 0.29) is 22.6 Å². The predicted molar refractivity (Wildman–Crippen MR) is 79.4 cm³/mol. The number of phenols is 2. The molecular weight excluding hydrogens is 276 g/mol. The largest absolute Gasteiger partial charge is 0.508 e. The third-order valence-corrected chi connectivity index (χ3v) is 1.91. The lowest BCUT2D eigenvalue weighted by Crippen LogP contribution is -1.92. The second-order valence-corrected chi connectivity index (χ2v) is 4.14. The van der Waals surface area contributed by atoms with Crippen molar-refractivity contribution in [3.8, 4) is 11.5 Å². The Hall–Kier alpha value is -2.76. The second kappa shape index (κ2) is 10.1. The second-order valence-electron chi connectivity index (χ2n) is 4.14. The first-order valence-corrected chi connectivity index (χ1v) is 5.75. The van der Waals surface area contributed by atoms with Crippen LogP contribution in [0, 0.1) is 6.92 Å². The summed E-state index contributed by atoms with van der Waals surface area (Å²) in [5, 5.41) is 33.5. The van der Waals surface area contributed by atoms with Crippen molar-refractivity contribution in [3.05, 3.63) is 48.1 Å². The lowest BCUT2D eigenvalue weighted by atomic mass is 10.2. The summed E-state index contributed by atoms with van der Waals surface area (Å²) in [6.07, 6.45) is 0. The maximum Gasteiger partial charge on any atom is 0.330 e. The molecule has 0 saturated heterocycles. The average molecular weight is 296 g/mol. The van der Waals surface area contributed by atoms with E-state index >= 15 is 0 Å². The van der Waals surface area contributed by atoms with Crippen molar-refractivity contribution in [1.82, 2.24) is 0 Å². The van der Waals surface area contributed by atoms with Crippen LogP contribution in [0.3, 0.4) is 0 Å². The molecule has 1 rings (SSSR count). The molecule has 0 bridgehead atoms. The minimum atomic E-state index is -0.935. The van der Waals surface area contributed by atoms with Crippen LogP contribution in [0.1, 0.15) is 19.4 Å². The summed E-state index contributed by atoms with van der Waals surface area (Å²) in [5.41, 5.74) is 1.04. The molecule has 6 heteroatoms. The van der Waals surface area contributed by atoms with Crippen molar-refractivity contribution in [2.24, 2.45) is 0 Å². The number of carbonyl (C=O) groups is 2. The Labute approximate surface area is 123 Å². The van der Waals surface area contributed by atoms with Gasteiger partial charge in [0.15, 0.2) is 0 Å². The van der Waals surface area contributed by atoms with Crippen molar-refractivity contribution < 1.29 is 30.0 Å². The maximum absolute atomic E-state index is 9.60. The number of hydrogen-bond acceptors (Lipinski definition) is 4. The molecule has 0 fully saturated rings. The normalized spacial score (nSPS) is 8.33. The molecule has 1 aromatic carbocycles. The Morgan fingerprint density at radius 3 is 1.48 bits per heavy atom. The Balaban J connectivity index is 0. The zero-order valence-corrected chi connectivity index (χ0v) is 12.3. The first-order valence-electron chi connectivity index (χ1n) is 5.75. The molecule has 116 valence electrons. The molecule has 0 aromatic heterocycles. The van der Waals surface area contributed by atoms with Crippen LogP contribution in [0.15, 0.2) is 42.5 Å². The third kappa shape index (κ3) is 12.0. The van der Waals surface area contributed by atoms with Crippen LogP contribution in [0.5, 0.6) is 11.5 Å². The van der Waals surface area contributed by atoms with Gasteiger partial charge in [-0.05, 0) is 44.5 Å². The van der Waals surface area contributed by atoms with Gasteiger partial charge in [-0.2, -0.15) is 0 Å². The number of rotatable bonds is 2. The molecule has 0 aliphatic carbocycles. The van der Waals surface area contributed by atoms with Gasteiger partial charge in [0.05, 0.1) is 0 Å². The van der Waals surface area contributed by atoms with Crippen LogP contribution in [0.25, 0.3) is 0 Å². The standard InChI is InChI=1S/C7H8O2.2C4H6O2/c1-5-4-6(8)2-3-7(5)9;2*1-3(2)4(5)6/h2-4,8-9H,1H3;2*1H2,2H3,(H,5,6). The summed E-state index contributed by atoms with van der Waals surface area (Å²) in [7, 11) is 0. The number of carboxylic acid groups (broad SMARTS) is 2. The van der Waals surface area contributed by atoms with Gasteiger partial charge in [-0.15, -0.1) is 0 Å². The van der Waals surface area contributed by atoms with E-state index in [1.54, 1.807) is 6.92 Å². The number of aromatic hydroxyl groups is 2. The quantitative estimate of drug-likeness (QED) is 0.492. The van der Waals surface area contributed by atoms with E-state index in [1.807, 2.05) is 0 Å². The fourth-order valence-electron chi connectivity index (χ4n) is 0.640. The molecule has 0 unspecified atom stereocenters. The van der Waals surface area contributed by atoms with E-state index in [0.717, 1.165) is 0 Å². The monoisotopic (exact) mass is 296 g/mol.